The van der Waals surface area contributed by atoms with E-state index >= 15 is 0 Å². The SMILES string of the molecule is CC(C)COCCCNC(=O)c1cccc(CCN)c1. The van der Waals surface area contributed by atoms with Gasteiger partial charge in [0.1, 0.15) is 0 Å². The van der Waals surface area contributed by atoms with E-state index in [0.29, 0.717) is 31.2 Å². The minimum atomic E-state index is -0.0345. The molecule has 112 valence electrons. The van der Waals surface area contributed by atoms with Crippen LogP contribution in [0.1, 0.15) is 36.2 Å². The monoisotopic (exact) mass is 278 g/mol. The van der Waals surface area contributed by atoms with E-state index in [1.165, 1.54) is 0 Å². The van der Waals surface area contributed by atoms with Gasteiger partial charge in [-0.05, 0) is 43.0 Å². The maximum atomic E-state index is 12.0. The average Bonchev–Trinajstić information content (AvgIpc) is 2.43. The molecule has 4 heteroatoms. The molecule has 20 heavy (non-hydrogen) atoms. The molecular weight excluding hydrogens is 252 g/mol. The van der Waals surface area contributed by atoms with Gasteiger partial charge in [0.25, 0.3) is 5.91 Å². The molecule has 0 aliphatic carbocycles. The molecule has 0 saturated heterocycles. The number of ether oxygens (including phenoxy) is 1. The van der Waals surface area contributed by atoms with Crippen LogP contribution in [0, 0.1) is 5.92 Å². The molecule has 0 heterocycles. The molecule has 1 amide bonds. The molecule has 0 aromatic heterocycles. The average molecular weight is 278 g/mol. The van der Waals surface area contributed by atoms with Crippen molar-refractivity contribution in [3.8, 4) is 0 Å². The van der Waals surface area contributed by atoms with E-state index in [2.05, 4.69) is 19.2 Å². The first kappa shape index (κ1) is 16.7. The lowest BCUT2D eigenvalue weighted by Gasteiger charge is -2.08. The quantitative estimate of drug-likeness (QED) is 0.679. The number of carbonyl (C=O) groups is 1. The van der Waals surface area contributed by atoms with Crippen LogP contribution in [0.25, 0.3) is 0 Å². The summed E-state index contributed by atoms with van der Waals surface area (Å²) in [5.41, 5.74) is 7.31. The third-order valence-corrected chi connectivity index (χ3v) is 2.82. The van der Waals surface area contributed by atoms with Gasteiger partial charge in [-0.15, -0.1) is 0 Å². The first-order valence-electron chi connectivity index (χ1n) is 7.28. The summed E-state index contributed by atoms with van der Waals surface area (Å²) in [6.45, 7) is 6.93. The van der Waals surface area contributed by atoms with E-state index in [1.54, 1.807) is 0 Å². The molecular formula is C16H26N2O2. The highest BCUT2D eigenvalue weighted by Gasteiger charge is 2.05. The van der Waals surface area contributed by atoms with Crippen molar-refractivity contribution in [2.24, 2.45) is 11.7 Å². The van der Waals surface area contributed by atoms with E-state index in [1.807, 2.05) is 24.3 Å². The zero-order valence-corrected chi connectivity index (χ0v) is 12.5. The molecule has 0 unspecified atom stereocenters. The summed E-state index contributed by atoms with van der Waals surface area (Å²) in [5.74, 6) is 0.516. The Bertz CT molecular complexity index is 405. The first-order chi connectivity index (χ1) is 9.63. The van der Waals surface area contributed by atoms with Gasteiger partial charge < -0.3 is 15.8 Å². The number of nitrogens with two attached hydrogens (primary N) is 1. The lowest BCUT2D eigenvalue weighted by atomic mass is 10.1. The number of hydrogen-bond acceptors (Lipinski definition) is 3. The number of rotatable bonds is 9. The predicted octanol–water partition coefficient (Wildman–Crippen LogP) is 1.98. The van der Waals surface area contributed by atoms with E-state index in [-0.39, 0.29) is 5.91 Å². The minimum Gasteiger partial charge on any atom is -0.381 e. The van der Waals surface area contributed by atoms with Gasteiger partial charge in [0.05, 0.1) is 0 Å². The molecule has 1 aromatic carbocycles. The zero-order valence-electron chi connectivity index (χ0n) is 12.5. The van der Waals surface area contributed by atoms with Crippen LogP contribution in [-0.4, -0.2) is 32.2 Å². The van der Waals surface area contributed by atoms with Crippen molar-refractivity contribution in [2.45, 2.75) is 26.7 Å². The summed E-state index contributed by atoms with van der Waals surface area (Å²) in [5, 5.41) is 2.91. The Morgan fingerprint density at radius 1 is 1.40 bits per heavy atom. The molecule has 1 aromatic rings. The smallest absolute Gasteiger partial charge is 0.251 e. The van der Waals surface area contributed by atoms with Gasteiger partial charge >= 0.3 is 0 Å². The molecule has 1 rings (SSSR count). The second-order valence-corrected chi connectivity index (χ2v) is 5.32. The highest BCUT2D eigenvalue weighted by Crippen LogP contribution is 2.05. The maximum absolute atomic E-state index is 12.0. The highest BCUT2D eigenvalue weighted by atomic mass is 16.5. The number of benzene rings is 1. The van der Waals surface area contributed by atoms with E-state index in [9.17, 15) is 4.79 Å². The Hall–Kier alpha value is -1.39. The molecule has 0 radical (unpaired) electrons. The fraction of sp³-hybridized carbons (Fsp3) is 0.562. The standard InChI is InChI=1S/C16H26N2O2/c1-13(2)12-20-10-4-9-18-16(19)15-6-3-5-14(11-15)7-8-17/h3,5-6,11,13H,4,7-10,12,17H2,1-2H3,(H,18,19). The summed E-state index contributed by atoms with van der Waals surface area (Å²) in [7, 11) is 0. The molecule has 0 bridgehead atoms. The summed E-state index contributed by atoms with van der Waals surface area (Å²) in [6.07, 6.45) is 1.63. The normalized spacial score (nSPS) is 10.8. The first-order valence-corrected chi connectivity index (χ1v) is 7.28. The van der Waals surface area contributed by atoms with Gasteiger partial charge in [-0.1, -0.05) is 26.0 Å². The number of nitrogens with one attached hydrogen (secondary N) is 1. The van der Waals surface area contributed by atoms with Crippen LogP contribution in [0.4, 0.5) is 0 Å². The summed E-state index contributed by atoms with van der Waals surface area (Å²) >= 11 is 0. The fourth-order valence-electron chi connectivity index (χ4n) is 1.83. The van der Waals surface area contributed by atoms with Gasteiger partial charge in [0.15, 0.2) is 0 Å². The van der Waals surface area contributed by atoms with Crippen LogP contribution < -0.4 is 11.1 Å². The van der Waals surface area contributed by atoms with Crippen molar-refractivity contribution >= 4 is 5.91 Å². The Morgan fingerprint density at radius 2 is 2.20 bits per heavy atom. The Labute approximate surface area is 121 Å². The topological polar surface area (TPSA) is 64.3 Å². The number of amides is 1. The molecule has 3 N–H and O–H groups in total. The van der Waals surface area contributed by atoms with Crippen LogP contribution in [0.2, 0.25) is 0 Å². The molecule has 0 spiro atoms. The zero-order chi connectivity index (χ0) is 14.8. The van der Waals surface area contributed by atoms with Gasteiger partial charge in [0, 0.05) is 25.3 Å². The highest BCUT2D eigenvalue weighted by molar-refractivity contribution is 5.94. The van der Waals surface area contributed by atoms with Gasteiger partial charge in [-0.2, -0.15) is 0 Å². The number of carbonyl (C=O) groups excluding carboxylic acids is 1. The predicted molar refractivity (Wildman–Crippen MR) is 81.8 cm³/mol. The summed E-state index contributed by atoms with van der Waals surface area (Å²) < 4.78 is 5.47. The van der Waals surface area contributed by atoms with Gasteiger partial charge in [-0.25, -0.2) is 0 Å². The van der Waals surface area contributed by atoms with Crippen molar-refractivity contribution in [3.05, 3.63) is 35.4 Å². The maximum Gasteiger partial charge on any atom is 0.251 e. The second-order valence-electron chi connectivity index (χ2n) is 5.32. The summed E-state index contributed by atoms with van der Waals surface area (Å²) in [6, 6.07) is 7.61. The van der Waals surface area contributed by atoms with Gasteiger partial charge in [0.2, 0.25) is 0 Å². The van der Waals surface area contributed by atoms with Crippen molar-refractivity contribution in [3.63, 3.8) is 0 Å². The van der Waals surface area contributed by atoms with Crippen LogP contribution >= 0.6 is 0 Å². The van der Waals surface area contributed by atoms with Crippen LogP contribution in [-0.2, 0) is 11.2 Å². The third-order valence-electron chi connectivity index (χ3n) is 2.82. The van der Waals surface area contributed by atoms with Crippen LogP contribution in [0.5, 0.6) is 0 Å². The van der Waals surface area contributed by atoms with Crippen molar-refractivity contribution in [1.82, 2.24) is 5.32 Å². The lowest BCUT2D eigenvalue weighted by molar-refractivity contribution is 0.0925. The van der Waals surface area contributed by atoms with E-state index < -0.39 is 0 Å². The fourth-order valence-corrected chi connectivity index (χ4v) is 1.83. The Balaban J connectivity index is 2.27. The number of hydrogen-bond donors (Lipinski definition) is 2. The molecule has 0 fully saturated rings. The molecule has 4 nitrogen and oxygen atoms in total. The molecule has 0 aliphatic rings. The van der Waals surface area contributed by atoms with Gasteiger partial charge in [-0.3, -0.25) is 4.79 Å². The Kier molecular flexibility index (Phi) is 7.92. The lowest BCUT2D eigenvalue weighted by Crippen LogP contribution is -2.25. The molecule has 0 saturated carbocycles. The second kappa shape index (κ2) is 9.50. The Morgan fingerprint density at radius 3 is 2.90 bits per heavy atom. The third kappa shape index (κ3) is 6.68. The van der Waals surface area contributed by atoms with E-state index in [4.69, 9.17) is 10.5 Å². The molecule has 0 atom stereocenters. The van der Waals surface area contributed by atoms with Crippen molar-refractivity contribution in [2.75, 3.05) is 26.3 Å². The van der Waals surface area contributed by atoms with Crippen molar-refractivity contribution < 1.29 is 9.53 Å². The van der Waals surface area contributed by atoms with Crippen LogP contribution in [0.3, 0.4) is 0 Å². The molecule has 0 aliphatic heterocycles. The van der Waals surface area contributed by atoms with Crippen molar-refractivity contribution in [1.29, 1.82) is 0 Å². The van der Waals surface area contributed by atoms with Crippen LogP contribution in [0.15, 0.2) is 24.3 Å². The largest absolute Gasteiger partial charge is 0.381 e. The van der Waals surface area contributed by atoms with E-state index in [0.717, 1.165) is 25.0 Å². The summed E-state index contributed by atoms with van der Waals surface area (Å²) in [4.78, 5) is 12.0. The minimum absolute atomic E-state index is 0.0345.